The van der Waals surface area contributed by atoms with Gasteiger partial charge < -0.3 is 0 Å². The highest BCUT2D eigenvalue weighted by Crippen LogP contribution is 2.33. The second-order valence-corrected chi connectivity index (χ2v) is 5.71. The molecule has 6 heteroatoms. The first kappa shape index (κ1) is 12.2. The van der Waals surface area contributed by atoms with Gasteiger partial charge in [0.15, 0.2) is 5.82 Å². The maximum atomic E-state index is 6.16. The van der Waals surface area contributed by atoms with Gasteiger partial charge in [-0.05, 0) is 29.6 Å². The van der Waals surface area contributed by atoms with Crippen LogP contribution in [0.25, 0.3) is 21.6 Å². The van der Waals surface area contributed by atoms with Gasteiger partial charge in [-0.3, -0.25) is 0 Å². The summed E-state index contributed by atoms with van der Waals surface area (Å²) in [7, 11) is 0. The zero-order valence-electron chi connectivity index (χ0n) is 8.82. The summed E-state index contributed by atoms with van der Waals surface area (Å²) in [5.41, 5.74) is 0.749. The number of aromatic nitrogens is 2. The summed E-state index contributed by atoms with van der Waals surface area (Å²) in [6, 6.07) is 7.15. The van der Waals surface area contributed by atoms with Crippen molar-refractivity contribution >= 4 is 57.0 Å². The largest absolute Gasteiger partial charge is 0.227 e. The van der Waals surface area contributed by atoms with E-state index in [1.165, 1.54) is 11.3 Å². The molecule has 0 radical (unpaired) electrons. The summed E-state index contributed by atoms with van der Waals surface area (Å²) in [6.45, 7) is 0. The Labute approximate surface area is 122 Å². The van der Waals surface area contributed by atoms with Gasteiger partial charge >= 0.3 is 0 Å². The molecule has 0 amide bonds. The van der Waals surface area contributed by atoms with E-state index in [4.69, 9.17) is 34.8 Å². The van der Waals surface area contributed by atoms with E-state index in [0.717, 1.165) is 15.8 Å². The van der Waals surface area contributed by atoms with Crippen molar-refractivity contribution in [3.05, 3.63) is 44.8 Å². The van der Waals surface area contributed by atoms with Gasteiger partial charge in [-0.2, -0.15) is 0 Å². The van der Waals surface area contributed by atoms with Crippen molar-refractivity contribution in [2.75, 3.05) is 0 Å². The topological polar surface area (TPSA) is 25.8 Å². The molecule has 2 nitrogen and oxygen atoms in total. The third kappa shape index (κ3) is 2.08. The lowest BCUT2D eigenvalue weighted by Gasteiger charge is -2.03. The summed E-state index contributed by atoms with van der Waals surface area (Å²) in [4.78, 5) is 9.53. The van der Waals surface area contributed by atoms with Crippen molar-refractivity contribution in [2.24, 2.45) is 0 Å². The van der Waals surface area contributed by atoms with Crippen LogP contribution in [0.3, 0.4) is 0 Å². The van der Waals surface area contributed by atoms with E-state index in [-0.39, 0.29) is 0 Å². The van der Waals surface area contributed by atoms with E-state index in [2.05, 4.69) is 9.97 Å². The normalized spacial score (nSPS) is 11.1. The van der Waals surface area contributed by atoms with Gasteiger partial charge in [0.1, 0.15) is 5.15 Å². The predicted molar refractivity (Wildman–Crippen MR) is 77.9 cm³/mol. The van der Waals surface area contributed by atoms with Crippen LogP contribution in [0, 0.1) is 0 Å². The molecule has 0 bridgehead atoms. The van der Waals surface area contributed by atoms with Crippen LogP contribution in [0.4, 0.5) is 0 Å². The van der Waals surface area contributed by atoms with Gasteiger partial charge in [0, 0.05) is 10.4 Å². The third-order valence-corrected chi connectivity index (χ3v) is 4.29. The smallest absolute Gasteiger partial charge is 0.173 e. The van der Waals surface area contributed by atoms with Crippen molar-refractivity contribution in [3.8, 4) is 10.7 Å². The molecule has 2 aromatic heterocycles. The molecule has 0 atom stereocenters. The Kier molecular flexibility index (Phi) is 3.16. The van der Waals surface area contributed by atoms with Crippen LogP contribution < -0.4 is 0 Å². The first-order chi connectivity index (χ1) is 8.65. The number of hydrogen-bond acceptors (Lipinski definition) is 3. The molecule has 3 aromatic rings. The Hall–Kier alpha value is -0.870. The standard InChI is InChI=1S/C12H5Cl3N2S/c13-6-1-2-9-7(5-6)11(15)17-12(16-9)10-8(14)3-4-18-10/h1-5H. The van der Waals surface area contributed by atoms with Gasteiger partial charge in [0.05, 0.1) is 15.4 Å². The van der Waals surface area contributed by atoms with Crippen molar-refractivity contribution in [1.82, 2.24) is 9.97 Å². The molecule has 0 aliphatic heterocycles. The second kappa shape index (κ2) is 4.67. The monoisotopic (exact) mass is 314 g/mol. The molecular weight excluding hydrogens is 311 g/mol. The van der Waals surface area contributed by atoms with Gasteiger partial charge in [0.2, 0.25) is 0 Å². The van der Waals surface area contributed by atoms with E-state index in [9.17, 15) is 0 Å². The molecule has 0 saturated heterocycles. The fourth-order valence-electron chi connectivity index (χ4n) is 1.62. The van der Waals surface area contributed by atoms with Crippen LogP contribution in [0.2, 0.25) is 15.2 Å². The van der Waals surface area contributed by atoms with Crippen molar-refractivity contribution in [3.63, 3.8) is 0 Å². The van der Waals surface area contributed by atoms with Crippen LogP contribution in [0.5, 0.6) is 0 Å². The van der Waals surface area contributed by atoms with E-state index in [1.54, 1.807) is 12.1 Å². The summed E-state index contributed by atoms with van der Waals surface area (Å²) in [5, 5.41) is 4.24. The lowest BCUT2D eigenvalue weighted by Crippen LogP contribution is -1.90. The highest BCUT2D eigenvalue weighted by Gasteiger charge is 2.12. The first-order valence-electron chi connectivity index (χ1n) is 5.01. The lowest BCUT2D eigenvalue weighted by molar-refractivity contribution is 1.24. The SMILES string of the molecule is Clc1ccc2nc(-c3sccc3Cl)nc(Cl)c2c1. The number of thiophene rings is 1. The molecule has 2 heterocycles. The quantitative estimate of drug-likeness (QED) is 0.568. The van der Waals surface area contributed by atoms with Gasteiger partial charge in [0.25, 0.3) is 0 Å². The molecule has 0 unspecified atom stereocenters. The summed E-state index contributed by atoms with van der Waals surface area (Å²) >= 11 is 19.6. The number of nitrogens with zero attached hydrogens (tertiary/aromatic N) is 2. The summed E-state index contributed by atoms with van der Waals surface area (Å²) in [6.07, 6.45) is 0. The minimum absolute atomic E-state index is 0.377. The van der Waals surface area contributed by atoms with Crippen molar-refractivity contribution in [1.29, 1.82) is 0 Å². The molecule has 0 aliphatic rings. The predicted octanol–water partition coefficient (Wildman–Crippen LogP) is 5.32. The zero-order chi connectivity index (χ0) is 12.7. The molecule has 0 aliphatic carbocycles. The van der Waals surface area contributed by atoms with Gasteiger partial charge in [-0.15, -0.1) is 11.3 Å². The summed E-state index contributed by atoms with van der Waals surface area (Å²) in [5.74, 6) is 0.537. The molecule has 0 spiro atoms. The Bertz CT molecular complexity index is 739. The molecule has 0 N–H and O–H groups in total. The lowest BCUT2D eigenvalue weighted by atomic mass is 10.2. The first-order valence-corrected chi connectivity index (χ1v) is 7.02. The average molecular weight is 316 g/mol. The average Bonchev–Trinajstić information content (AvgIpc) is 2.76. The Balaban J connectivity index is 2.28. The van der Waals surface area contributed by atoms with Crippen LogP contribution in [-0.2, 0) is 0 Å². The number of fused-ring (bicyclic) bond motifs is 1. The van der Waals surface area contributed by atoms with Crippen LogP contribution in [0.15, 0.2) is 29.6 Å². The van der Waals surface area contributed by atoms with E-state index >= 15 is 0 Å². The van der Waals surface area contributed by atoms with Crippen LogP contribution in [0.1, 0.15) is 0 Å². The molecule has 90 valence electrons. The maximum Gasteiger partial charge on any atom is 0.173 e. The zero-order valence-corrected chi connectivity index (χ0v) is 11.9. The van der Waals surface area contributed by atoms with Crippen LogP contribution in [-0.4, -0.2) is 9.97 Å². The Morgan fingerprint density at radius 1 is 1.00 bits per heavy atom. The molecule has 0 fully saturated rings. The summed E-state index contributed by atoms with van der Waals surface area (Å²) < 4.78 is 0. The Morgan fingerprint density at radius 3 is 2.56 bits per heavy atom. The molecule has 3 rings (SSSR count). The molecule has 0 saturated carbocycles. The number of hydrogen-bond donors (Lipinski definition) is 0. The fraction of sp³-hybridized carbons (Fsp3) is 0. The molecular formula is C12H5Cl3N2S. The second-order valence-electron chi connectivity index (χ2n) is 3.60. The van der Waals surface area contributed by atoms with E-state index in [1.807, 2.05) is 17.5 Å². The maximum absolute atomic E-state index is 6.16. The Morgan fingerprint density at radius 2 is 1.83 bits per heavy atom. The molecule has 18 heavy (non-hydrogen) atoms. The van der Waals surface area contributed by atoms with Crippen molar-refractivity contribution < 1.29 is 0 Å². The van der Waals surface area contributed by atoms with E-state index in [0.29, 0.717) is 21.0 Å². The van der Waals surface area contributed by atoms with Gasteiger partial charge in [-0.25, -0.2) is 9.97 Å². The number of benzene rings is 1. The minimum atomic E-state index is 0.377. The third-order valence-electron chi connectivity index (χ3n) is 2.43. The number of halogens is 3. The highest BCUT2D eigenvalue weighted by atomic mass is 35.5. The minimum Gasteiger partial charge on any atom is -0.227 e. The van der Waals surface area contributed by atoms with E-state index < -0.39 is 0 Å². The van der Waals surface area contributed by atoms with Gasteiger partial charge in [-0.1, -0.05) is 34.8 Å². The number of rotatable bonds is 1. The molecule has 1 aromatic carbocycles. The van der Waals surface area contributed by atoms with Crippen molar-refractivity contribution in [2.45, 2.75) is 0 Å². The fourth-order valence-corrected chi connectivity index (χ4v) is 3.10. The van der Waals surface area contributed by atoms with Crippen LogP contribution >= 0.6 is 46.1 Å². The highest BCUT2D eigenvalue weighted by molar-refractivity contribution is 7.14.